The molecule has 0 aliphatic carbocycles. The lowest BCUT2D eigenvalue weighted by Crippen LogP contribution is -2.30. The van der Waals surface area contributed by atoms with Gasteiger partial charge in [0.25, 0.3) is 5.91 Å². The molecule has 1 N–H and O–H groups in total. The monoisotopic (exact) mass is 339 g/mol. The Morgan fingerprint density at radius 2 is 1.60 bits per heavy atom. The number of amides is 1. The SMILES string of the molecule is Cc1ccccc1NC(=O)C(C)OC(=O)c1ccc(C(C)(C)C)cc1. The van der Waals surface area contributed by atoms with Gasteiger partial charge in [0.05, 0.1) is 5.56 Å². The number of hydrogen-bond acceptors (Lipinski definition) is 3. The molecule has 1 atom stereocenters. The molecule has 132 valence electrons. The van der Waals surface area contributed by atoms with E-state index in [1.807, 2.05) is 43.3 Å². The standard InChI is InChI=1S/C21H25NO3/c1-14-8-6-7-9-18(14)22-19(23)15(2)25-20(24)16-10-12-17(13-11-16)21(3,4)5/h6-13,15H,1-5H3,(H,22,23). The third-order valence-electron chi connectivity index (χ3n) is 4.04. The Kier molecular flexibility index (Phi) is 5.62. The summed E-state index contributed by atoms with van der Waals surface area (Å²) in [7, 11) is 0. The highest BCUT2D eigenvalue weighted by atomic mass is 16.5. The number of rotatable bonds is 4. The van der Waals surface area contributed by atoms with E-state index in [4.69, 9.17) is 4.74 Å². The molecule has 4 nitrogen and oxygen atoms in total. The van der Waals surface area contributed by atoms with Crippen LogP contribution in [0.2, 0.25) is 0 Å². The van der Waals surface area contributed by atoms with E-state index >= 15 is 0 Å². The predicted octanol–water partition coefficient (Wildman–Crippen LogP) is 4.48. The van der Waals surface area contributed by atoms with Crippen molar-refractivity contribution in [3.63, 3.8) is 0 Å². The van der Waals surface area contributed by atoms with Crippen molar-refractivity contribution in [1.82, 2.24) is 0 Å². The van der Waals surface area contributed by atoms with E-state index in [0.29, 0.717) is 11.3 Å². The van der Waals surface area contributed by atoms with Gasteiger partial charge in [-0.1, -0.05) is 51.1 Å². The summed E-state index contributed by atoms with van der Waals surface area (Å²) in [6, 6.07) is 14.7. The number of ether oxygens (including phenoxy) is 1. The second-order valence-corrected chi connectivity index (χ2v) is 7.18. The average Bonchev–Trinajstić information content (AvgIpc) is 2.56. The van der Waals surface area contributed by atoms with Crippen molar-refractivity contribution in [3.05, 3.63) is 65.2 Å². The van der Waals surface area contributed by atoms with Crippen LogP contribution in [0.5, 0.6) is 0 Å². The molecule has 2 rings (SSSR count). The van der Waals surface area contributed by atoms with Crippen molar-refractivity contribution in [2.45, 2.75) is 46.1 Å². The molecule has 0 heterocycles. The molecule has 0 fully saturated rings. The van der Waals surface area contributed by atoms with Crippen LogP contribution >= 0.6 is 0 Å². The largest absolute Gasteiger partial charge is 0.449 e. The fraction of sp³-hybridized carbons (Fsp3) is 0.333. The fourth-order valence-electron chi connectivity index (χ4n) is 2.34. The molecule has 4 heteroatoms. The van der Waals surface area contributed by atoms with Gasteiger partial charge < -0.3 is 10.1 Å². The lowest BCUT2D eigenvalue weighted by molar-refractivity contribution is -0.123. The van der Waals surface area contributed by atoms with Crippen molar-refractivity contribution < 1.29 is 14.3 Å². The number of hydrogen-bond donors (Lipinski definition) is 1. The van der Waals surface area contributed by atoms with Crippen LogP contribution in [0.25, 0.3) is 0 Å². The first-order valence-electron chi connectivity index (χ1n) is 8.36. The van der Waals surface area contributed by atoms with Gasteiger partial charge in [0.2, 0.25) is 0 Å². The van der Waals surface area contributed by atoms with Crippen LogP contribution in [0.1, 0.15) is 49.2 Å². The minimum atomic E-state index is -0.880. The number of nitrogens with one attached hydrogen (secondary N) is 1. The highest BCUT2D eigenvalue weighted by Crippen LogP contribution is 2.22. The normalized spacial score (nSPS) is 12.4. The Labute approximate surface area is 149 Å². The fourth-order valence-corrected chi connectivity index (χ4v) is 2.34. The molecule has 2 aromatic rings. The Morgan fingerprint density at radius 1 is 1.00 bits per heavy atom. The summed E-state index contributed by atoms with van der Waals surface area (Å²) in [5.41, 5.74) is 3.25. The molecular formula is C21H25NO3. The van der Waals surface area contributed by atoms with E-state index in [0.717, 1.165) is 11.1 Å². The highest BCUT2D eigenvalue weighted by molar-refractivity contribution is 5.97. The maximum atomic E-state index is 12.2. The Bertz CT molecular complexity index is 757. The summed E-state index contributed by atoms with van der Waals surface area (Å²) in [4.78, 5) is 24.5. The van der Waals surface area contributed by atoms with Crippen molar-refractivity contribution in [2.24, 2.45) is 0 Å². The maximum absolute atomic E-state index is 12.2. The zero-order chi connectivity index (χ0) is 18.6. The molecule has 0 aliphatic rings. The van der Waals surface area contributed by atoms with Gasteiger partial charge in [0.15, 0.2) is 6.10 Å². The molecule has 1 amide bonds. The number of esters is 1. The number of benzene rings is 2. The summed E-state index contributed by atoms with van der Waals surface area (Å²) in [5, 5.41) is 2.78. The molecule has 0 aromatic heterocycles. The smallest absolute Gasteiger partial charge is 0.338 e. The second-order valence-electron chi connectivity index (χ2n) is 7.18. The number of aryl methyl sites for hydroxylation is 1. The quantitative estimate of drug-likeness (QED) is 0.836. The van der Waals surface area contributed by atoms with Crippen LogP contribution in [0, 0.1) is 6.92 Å². The van der Waals surface area contributed by atoms with Gasteiger partial charge in [-0.15, -0.1) is 0 Å². The van der Waals surface area contributed by atoms with Crippen LogP contribution in [0.3, 0.4) is 0 Å². The zero-order valence-electron chi connectivity index (χ0n) is 15.4. The van der Waals surface area contributed by atoms with Crippen molar-refractivity contribution in [3.8, 4) is 0 Å². The third kappa shape index (κ3) is 4.92. The van der Waals surface area contributed by atoms with E-state index in [-0.39, 0.29) is 11.3 Å². The second kappa shape index (κ2) is 7.51. The molecule has 1 unspecified atom stereocenters. The predicted molar refractivity (Wildman–Crippen MR) is 99.8 cm³/mol. The lowest BCUT2D eigenvalue weighted by Gasteiger charge is -2.19. The van der Waals surface area contributed by atoms with Gasteiger partial charge in [-0.05, 0) is 48.6 Å². The Morgan fingerprint density at radius 3 is 2.16 bits per heavy atom. The van der Waals surface area contributed by atoms with Gasteiger partial charge in [0, 0.05) is 5.69 Å². The first-order valence-corrected chi connectivity index (χ1v) is 8.36. The first-order chi connectivity index (χ1) is 11.7. The summed E-state index contributed by atoms with van der Waals surface area (Å²) in [5.74, 6) is -0.859. The van der Waals surface area contributed by atoms with E-state index in [9.17, 15) is 9.59 Å². The van der Waals surface area contributed by atoms with Crippen molar-refractivity contribution in [1.29, 1.82) is 0 Å². The van der Waals surface area contributed by atoms with Gasteiger partial charge >= 0.3 is 5.97 Å². The number of anilines is 1. The average molecular weight is 339 g/mol. The molecule has 0 saturated heterocycles. The van der Waals surface area contributed by atoms with Gasteiger partial charge in [-0.3, -0.25) is 4.79 Å². The summed E-state index contributed by atoms with van der Waals surface area (Å²) < 4.78 is 5.28. The van der Waals surface area contributed by atoms with Crippen LogP contribution in [0.15, 0.2) is 48.5 Å². The van der Waals surface area contributed by atoms with Crippen LogP contribution in [-0.4, -0.2) is 18.0 Å². The number of para-hydroxylation sites is 1. The highest BCUT2D eigenvalue weighted by Gasteiger charge is 2.20. The van der Waals surface area contributed by atoms with Gasteiger partial charge in [-0.25, -0.2) is 4.79 Å². The molecule has 0 radical (unpaired) electrons. The lowest BCUT2D eigenvalue weighted by atomic mass is 9.87. The molecule has 0 bridgehead atoms. The molecular weight excluding hydrogens is 314 g/mol. The molecule has 2 aromatic carbocycles. The first kappa shape index (κ1) is 18.7. The van der Waals surface area contributed by atoms with Crippen LogP contribution in [0.4, 0.5) is 5.69 Å². The summed E-state index contributed by atoms with van der Waals surface area (Å²) in [6.45, 7) is 9.80. The molecule has 0 spiro atoms. The minimum absolute atomic E-state index is 0.0170. The molecule has 0 aliphatic heterocycles. The van der Waals surface area contributed by atoms with Crippen LogP contribution < -0.4 is 5.32 Å². The summed E-state index contributed by atoms with van der Waals surface area (Å²) >= 11 is 0. The number of carbonyl (C=O) groups is 2. The maximum Gasteiger partial charge on any atom is 0.338 e. The van der Waals surface area contributed by atoms with Crippen LogP contribution in [-0.2, 0) is 14.9 Å². The molecule has 25 heavy (non-hydrogen) atoms. The summed E-state index contributed by atoms with van der Waals surface area (Å²) in [6.07, 6.45) is -0.880. The van der Waals surface area contributed by atoms with Gasteiger partial charge in [0.1, 0.15) is 0 Å². The molecule has 0 saturated carbocycles. The van der Waals surface area contributed by atoms with E-state index in [1.54, 1.807) is 19.1 Å². The topological polar surface area (TPSA) is 55.4 Å². The van der Waals surface area contributed by atoms with Crippen molar-refractivity contribution in [2.75, 3.05) is 5.32 Å². The zero-order valence-corrected chi connectivity index (χ0v) is 15.4. The Hall–Kier alpha value is -2.62. The third-order valence-corrected chi connectivity index (χ3v) is 4.04. The Balaban J connectivity index is 1.99. The minimum Gasteiger partial charge on any atom is -0.449 e. The number of carbonyl (C=O) groups excluding carboxylic acids is 2. The van der Waals surface area contributed by atoms with E-state index < -0.39 is 12.1 Å². The van der Waals surface area contributed by atoms with Crippen molar-refractivity contribution >= 4 is 17.6 Å². The van der Waals surface area contributed by atoms with E-state index in [2.05, 4.69) is 26.1 Å². The van der Waals surface area contributed by atoms with E-state index in [1.165, 1.54) is 0 Å². The van der Waals surface area contributed by atoms with Gasteiger partial charge in [-0.2, -0.15) is 0 Å².